The summed E-state index contributed by atoms with van der Waals surface area (Å²) in [7, 11) is 0. The third-order valence-corrected chi connectivity index (χ3v) is 2.84. The standard InChI is InChI=1S/C16H22N2O3/c1-9(2)6-13-17-12-8-10(19)7-11(14(12)18-13)15(20)21-16(3,4)5/h7-9,19H,6H2,1-5H3,(H,17,18). The minimum atomic E-state index is -0.591. The number of esters is 1. The molecule has 2 aromatic rings. The van der Waals surface area contributed by atoms with E-state index in [1.165, 1.54) is 6.07 Å². The van der Waals surface area contributed by atoms with Gasteiger partial charge in [0.05, 0.1) is 11.1 Å². The molecular formula is C16H22N2O3. The van der Waals surface area contributed by atoms with Crippen LogP contribution in [0.3, 0.4) is 0 Å². The lowest BCUT2D eigenvalue weighted by atomic mass is 10.1. The first kappa shape index (κ1) is 15.4. The number of hydrogen-bond acceptors (Lipinski definition) is 4. The molecule has 0 aliphatic heterocycles. The molecular weight excluding hydrogens is 268 g/mol. The van der Waals surface area contributed by atoms with Crippen molar-refractivity contribution >= 4 is 17.0 Å². The fraction of sp³-hybridized carbons (Fsp3) is 0.500. The van der Waals surface area contributed by atoms with Crippen molar-refractivity contribution in [2.75, 3.05) is 0 Å². The molecule has 0 saturated heterocycles. The molecule has 5 nitrogen and oxygen atoms in total. The van der Waals surface area contributed by atoms with Crippen LogP contribution in [0.5, 0.6) is 5.75 Å². The zero-order chi connectivity index (χ0) is 15.8. The van der Waals surface area contributed by atoms with Gasteiger partial charge in [-0.3, -0.25) is 0 Å². The van der Waals surface area contributed by atoms with Gasteiger partial charge in [0, 0.05) is 12.5 Å². The number of aromatic hydroxyl groups is 1. The van der Waals surface area contributed by atoms with Crippen molar-refractivity contribution in [1.29, 1.82) is 0 Å². The molecule has 0 aliphatic carbocycles. The van der Waals surface area contributed by atoms with E-state index in [0.717, 1.165) is 12.2 Å². The lowest BCUT2D eigenvalue weighted by Crippen LogP contribution is -2.24. The van der Waals surface area contributed by atoms with Crippen molar-refractivity contribution in [3.63, 3.8) is 0 Å². The number of rotatable bonds is 3. The van der Waals surface area contributed by atoms with E-state index >= 15 is 0 Å². The Morgan fingerprint density at radius 1 is 1.38 bits per heavy atom. The number of benzene rings is 1. The lowest BCUT2D eigenvalue weighted by molar-refractivity contribution is 0.00712. The molecule has 0 unspecified atom stereocenters. The molecule has 0 amide bonds. The number of H-pyrrole nitrogens is 1. The number of aromatic nitrogens is 2. The van der Waals surface area contributed by atoms with Crippen molar-refractivity contribution in [3.05, 3.63) is 23.5 Å². The lowest BCUT2D eigenvalue weighted by Gasteiger charge is -2.19. The third-order valence-electron chi connectivity index (χ3n) is 2.84. The van der Waals surface area contributed by atoms with E-state index in [4.69, 9.17) is 4.74 Å². The smallest absolute Gasteiger partial charge is 0.341 e. The van der Waals surface area contributed by atoms with E-state index in [1.54, 1.807) is 26.8 Å². The molecule has 1 aromatic heterocycles. The molecule has 0 radical (unpaired) electrons. The van der Waals surface area contributed by atoms with Crippen molar-refractivity contribution in [2.24, 2.45) is 5.92 Å². The van der Waals surface area contributed by atoms with Crippen molar-refractivity contribution in [3.8, 4) is 5.75 Å². The Morgan fingerprint density at radius 3 is 2.62 bits per heavy atom. The molecule has 21 heavy (non-hydrogen) atoms. The minimum Gasteiger partial charge on any atom is -0.508 e. The molecule has 114 valence electrons. The second-order valence-electron chi connectivity index (χ2n) is 6.67. The Hall–Kier alpha value is -2.04. The molecule has 0 spiro atoms. The Kier molecular flexibility index (Phi) is 3.94. The van der Waals surface area contributed by atoms with E-state index in [1.807, 2.05) is 0 Å². The number of nitrogens with one attached hydrogen (secondary N) is 1. The van der Waals surface area contributed by atoms with Gasteiger partial charge in [0.25, 0.3) is 0 Å². The summed E-state index contributed by atoms with van der Waals surface area (Å²) in [5, 5.41) is 9.79. The van der Waals surface area contributed by atoms with E-state index in [0.29, 0.717) is 17.0 Å². The Bertz CT molecular complexity index is 666. The maximum Gasteiger partial charge on any atom is 0.341 e. The quantitative estimate of drug-likeness (QED) is 0.849. The number of ether oxygens (including phenoxy) is 1. The number of hydrogen-bond donors (Lipinski definition) is 2. The van der Waals surface area contributed by atoms with E-state index < -0.39 is 11.6 Å². The summed E-state index contributed by atoms with van der Waals surface area (Å²) < 4.78 is 5.37. The molecule has 2 N–H and O–H groups in total. The second-order valence-corrected chi connectivity index (χ2v) is 6.67. The Balaban J connectivity index is 2.47. The SMILES string of the molecule is CC(C)Cc1nc2c(C(=O)OC(C)(C)C)cc(O)cc2[nH]1. The van der Waals surface area contributed by atoms with Crippen LogP contribution in [0.1, 0.15) is 50.8 Å². The average molecular weight is 290 g/mol. The maximum atomic E-state index is 12.3. The van der Waals surface area contributed by atoms with Gasteiger partial charge in [-0.1, -0.05) is 13.8 Å². The van der Waals surface area contributed by atoms with Gasteiger partial charge in [-0.05, 0) is 32.8 Å². The predicted molar refractivity (Wildman–Crippen MR) is 81.5 cm³/mol. The molecule has 0 saturated carbocycles. The normalized spacial score (nSPS) is 12.1. The highest BCUT2D eigenvalue weighted by molar-refractivity contribution is 6.02. The summed E-state index contributed by atoms with van der Waals surface area (Å²) in [4.78, 5) is 19.9. The topological polar surface area (TPSA) is 75.2 Å². The summed E-state index contributed by atoms with van der Waals surface area (Å²) >= 11 is 0. The molecule has 0 fully saturated rings. The summed E-state index contributed by atoms with van der Waals surface area (Å²) in [6.45, 7) is 9.61. The first-order chi connectivity index (χ1) is 9.65. The highest BCUT2D eigenvalue weighted by Gasteiger charge is 2.22. The number of phenols is 1. The number of imidazole rings is 1. The van der Waals surface area contributed by atoms with Gasteiger partial charge in [-0.25, -0.2) is 9.78 Å². The van der Waals surface area contributed by atoms with Crippen molar-refractivity contribution in [1.82, 2.24) is 9.97 Å². The number of carbonyl (C=O) groups excluding carboxylic acids is 1. The molecule has 2 rings (SSSR count). The van der Waals surface area contributed by atoms with Gasteiger partial charge < -0.3 is 14.8 Å². The van der Waals surface area contributed by atoms with Crippen LogP contribution in [-0.4, -0.2) is 26.6 Å². The fourth-order valence-corrected chi connectivity index (χ4v) is 2.13. The maximum absolute atomic E-state index is 12.3. The van der Waals surface area contributed by atoms with E-state index in [9.17, 15) is 9.90 Å². The molecule has 5 heteroatoms. The monoisotopic (exact) mass is 290 g/mol. The van der Waals surface area contributed by atoms with Crippen LogP contribution < -0.4 is 0 Å². The first-order valence-corrected chi connectivity index (χ1v) is 7.10. The number of carbonyl (C=O) groups is 1. The van der Waals surface area contributed by atoms with Crippen molar-refractivity contribution in [2.45, 2.75) is 46.6 Å². The highest BCUT2D eigenvalue weighted by Crippen LogP contribution is 2.25. The zero-order valence-electron chi connectivity index (χ0n) is 13.2. The summed E-state index contributed by atoms with van der Waals surface area (Å²) in [6.07, 6.45) is 0.781. The van der Waals surface area contributed by atoms with Gasteiger partial charge in [0.1, 0.15) is 22.7 Å². The number of phenolic OH excluding ortho intramolecular Hbond substituents is 1. The predicted octanol–water partition coefficient (Wildman–Crippen LogP) is 3.42. The van der Waals surface area contributed by atoms with Crippen LogP contribution in [0.2, 0.25) is 0 Å². The molecule has 0 bridgehead atoms. The van der Waals surface area contributed by atoms with E-state index in [-0.39, 0.29) is 11.3 Å². The molecule has 1 aromatic carbocycles. The Labute approximate surface area is 124 Å². The largest absolute Gasteiger partial charge is 0.508 e. The van der Waals surface area contributed by atoms with Crippen LogP contribution in [0, 0.1) is 5.92 Å². The van der Waals surface area contributed by atoms with E-state index in [2.05, 4.69) is 23.8 Å². The van der Waals surface area contributed by atoms with Crippen LogP contribution >= 0.6 is 0 Å². The minimum absolute atomic E-state index is 0.0168. The summed E-state index contributed by atoms with van der Waals surface area (Å²) in [5.41, 5.74) is 0.877. The van der Waals surface area contributed by atoms with Gasteiger partial charge in [-0.15, -0.1) is 0 Å². The van der Waals surface area contributed by atoms with Crippen LogP contribution in [0.15, 0.2) is 12.1 Å². The fourth-order valence-electron chi connectivity index (χ4n) is 2.13. The molecule has 1 heterocycles. The highest BCUT2D eigenvalue weighted by atomic mass is 16.6. The summed E-state index contributed by atoms with van der Waals surface area (Å²) in [5.74, 6) is 0.786. The Morgan fingerprint density at radius 2 is 2.05 bits per heavy atom. The zero-order valence-corrected chi connectivity index (χ0v) is 13.2. The van der Waals surface area contributed by atoms with Crippen LogP contribution in [-0.2, 0) is 11.2 Å². The molecule has 0 aliphatic rings. The van der Waals surface area contributed by atoms with Crippen molar-refractivity contribution < 1.29 is 14.6 Å². The van der Waals surface area contributed by atoms with Gasteiger partial charge in [0.15, 0.2) is 0 Å². The number of fused-ring (bicyclic) bond motifs is 1. The second kappa shape index (κ2) is 5.39. The van der Waals surface area contributed by atoms with Gasteiger partial charge in [-0.2, -0.15) is 0 Å². The number of aromatic amines is 1. The van der Waals surface area contributed by atoms with Crippen LogP contribution in [0.25, 0.3) is 11.0 Å². The first-order valence-electron chi connectivity index (χ1n) is 7.10. The van der Waals surface area contributed by atoms with Gasteiger partial charge >= 0.3 is 5.97 Å². The average Bonchev–Trinajstić information content (AvgIpc) is 2.66. The number of nitrogens with zero attached hydrogens (tertiary/aromatic N) is 1. The summed E-state index contributed by atoms with van der Waals surface area (Å²) in [6, 6.07) is 2.97. The molecule has 0 atom stereocenters. The van der Waals surface area contributed by atoms with Crippen LogP contribution in [0.4, 0.5) is 0 Å². The van der Waals surface area contributed by atoms with Gasteiger partial charge in [0.2, 0.25) is 0 Å². The third kappa shape index (κ3) is 3.74.